The maximum atomic E-state index is 5.34. The van der Waals surface area contributed by atoms with E-state index in [4.69, 9.17) is 4.74 Å². The second-order valence-corrected chi connectivity index (χ2v) is 4.19. The molecule has 0 amide bonds. The van der Waals surface area contributed by atoms with E-state index in [9.17, 15) is 0 Å². The number of anilines is 1. The zero-order chi connectivity index (χ0) is 12.7. The van der Waals surface area contributed by atoms with E-state index in [1.807, 2.05) is 21.0 Å². The van der Waals surface area contributed by atoms with E-state index in [0.717, 1.165) is 18.9 Å². The van der Waals surface area contributed by atoms with Crippen LogP contribution in [0.5, 0.6) is 5.88 Å². The average molecular weight is 238 g/mol. The molecule has 0 saturated heterocycles. The van der Waals surface area contributed by atoms with Crippen LogP contribution in [-0.2, 0) is 0 Å². The van der Waals surface area contributed by atoms with E-state index >= 15 is 0 Å². The Labute approximate surface area is 103 Å². The number of hydrogen-bond donors (Lipinski definition) is 1. The van der Waals surface area contributed by atoms with Crippen molar-refractivity contribution < 1.29 is 4.74 Å². The number of aromatic nitrogens is 2. The van der Waals surface area contributed by atoms with Crippen LogP contribution in [0.2, 0.25) is 0 Å². The van der Waals surface area contributed by atoms with Crippen molar-refractivity contribution in [1.82, 2.24) is 15.3 Å². The van der Waals surface area contributed by atoms with Gasteiger partial charge in [-0.25, -0.2) is 0 Å². The Hall–Kier alpha value is -1.36. The van der Waals surface area contributed by atoms with Gasteiger partial charge >= 0.3 is 0 Å². The summed E-state index contributed by atoms with van der Waals surface area (Å²) in [5, 5.41) is 3.17. The van der Waals surface area contributed by atoms with Crippen molar-refractivity contribution in [3.63, 3.8) is 0 Å². The van der Waals surface area contributed by atoms with E-state index in [2.05, 4.69) is 27.1 Å². The Morgan fingerprint density at radius 3 is 2.88 bits per heavy atom. The summed E-state index contributed by atoms with van der Waals surface area (Å²) in [7, 11) is 3.98. The monoisotopic (exact) mass is 238 g/mol. The first-order chi connectivity index (χ1) is 8.17. The first-order valence-corrected chi connectivity index (χ1v) is 5.98. The lowest BCUT2D eigenvalue weighted by Crippen LogP contribution is -2.30. The molecule has 1 heterocycles. The third-order valence-electron chi connectivity index (χ3n) is 2.42. The SMILES string of the molecule is CCOc1cncc(N(C)CC(C)CNC)n1. The second kappa shape index (κ2) is 7.06. The fraction of sp³-hybridized carbons (Fsp3) is 0.667. The second-order valence-electron chi connectivity index (χ2n) is 4.19. The fourth-order valence-electron chi connectivity index (χ4n) is 1.71. The molecule has 0 fully saturated rings. The van der Waals surface area contributed by atoms with E-state index in [1.165, 1.54) is 0 Å². The van der Waals surface area contributed by atoms with Gasteiger partial charge in [-0.15, -0.1) is 0 Å². The largest absolute Gasteiger partial charge is 0.477 e. The zero-order valence-corrected chi connectivity index (χ0v) is 11.1. The van der Waals surface area contributed by atoms with E-state index in [-0.39, 0.29) is 0 Å². The summed E-state index contributed by atoms with van der Waals surface area (Å²) < 4.78 is 5.34. The predicted octanol–water partition coefficient (Wildman–Crippen LogP) is 1.17. The van der Waals surface area contributed by atoms with Gasteiger partial charge in [0.25, 0.3) is 0 Å². The molecule has 0 aliphatic carbocycles. The van der Waals surface area contributed by atoms with Crippen LogP contribution in [-0.4, -0.2) is 43.8 Å². The first-order valence-electron chi connectivity index (χ1n) is 5.98. The maximum absolute atomic E-state index is 5.34. The third kappa shape index (κ3) is 4.56. The van der Waals surface area contributed by atoms with Gasteiger partial charge in [0.15, 0.2) is 5.82 Å². The standard InChI is InChI=1S/C12H22N4O/c1-5-17-12-8-14-7-11(15-12)16(4)9-10(2)6-13-3/h7-8,10,13H,5-6,9H2,1-4H3. The highest BCUT2D eigenvalue weighted by Gasteiger charge is 2.09. The third-order valence-corrected chi connectivity index (χ3v) is 2.42. The van der Waals surface area contributed by atoms with Crippen LogP contribution in [0.15, 0.2) is 12.4 Å². The van der Waals surface area contributed by atoms with Crippen LogP contribution in [0.1, 0.15) is 13.8 Å². The Bertz CT molecular complexity index is 332. The van der Waals surface area contributed by atoms with Gasteiger partial charge in [0.1, 0.15) is 0 Å². The lowest BCUT2D eigenvalue weighted by Gasteiger charge is -2.22. The molecule has 5 nitrogen and oxygen atoms in total. The summed E-state index contributed by atoms with van der Waals surface area (Å²) in [6.07, 6.45) is 3.40. The van der Waals surface area contributed by atoms with Gasteiger partial charge in [0, 0.05) is 13.6 Å². The van der Waals surface area contributed by atoms with Crippen molar-refractivity contribution in [3.8, 4) is 5.88 Å². The normalized spacial score (nSPS) is 12.2. The van der Waals surface area contributed by atoms with Crippen molar-refractivity contribution in [3.05, 3.63) is 12.4 Å². The molecule has 1 atom stereocenters. The van der Waals surface area contributed by atoms with E-state index in [0.29, 0.717) is 18.4 Å². The fourth-order valence-corrected chi connectivity index (χ4v) is 1.71. The Kier molecular flexibility index (Phi) is 5.69. The molecule has 0 saturated carbocycles. The van der Waals surface area contributed by atoms with Gasteiger partial charge in [0.2, 0.25) is 5.88 Å². The highest BCUT2D eigenvalue weighted by Crippen LogP contribution is 2.13. The van der Waals surface area contributed by atoms with Crippen LogP contribution in [0.4, 0.5) is 5.82 Å². The van der Waals surface area contributed by atoms with Gasteiger partial charge in [-0.1, -0.05) is 6.92 Å². The molecular weight excluding hydrogens is 216 g/mol. The van der Waals surface area contributed by atoms with Crippen molar-refractivity contribution >= 4 is 5.82 Å². The maximum Gasteiger partial charge on any atom is 0.234 e. The summed E-state index contributed by atoms with van der Waals surface area (Å²) in [6.45, 7) is 6.67. The minimum Gasteiger partial charge on any atom is -0.477 e. The summed E-state index contributed by atoms with van der Waals surface area (Å²) >= 11 is 0. The lowest BCUT2D eigenvalue weighted by atomic mass is 10.2. The van der Waals surface area contributed by atoms with Gasteiger partial charge in [-0.3, -0.25) is 4.98 Å². The molecule has 5 heteroatoms. The molecule has 0 bridgehead atoms. The summed E-state index contributed by atoms with van der Waals surface area (Å²) in [5.74, 6) is 1.99. The van der Waals surface area contributed by atoms with Crippen molar-refractivity contribution in [1.29, 1.82) is 0 Å². The molecule has 17 heavy (non-hydrogen) atoms. The molecule has 0 aromatic carbocycles. The molecule has 1 N–H and O–H groups in total. The molecular formula is C12H22N4O. The van der Waals surface area contributed by atoms with Crippen LogP contribution in [0.3, 0.4) is 0 Å². The van der Waals surface area contributed by atoms with Gasteiger partial charge < -0.3 is 15.0 Å². The van der Waals surface area contributed by atoms with Crippen LogP contribution in [0, 0.1) is 5.92 Å². The lowest BCUT2D eigenvalue weighted by molar-refractivity contribution is 0.325. The molecule has 0 radical (unpaired) electrons. The topological polar surface area (TPSA) is 50.3 Å². The molecule has 1 aromatic rings. The van der Waals surface area contributed by atoms with Crippen molar-refractivity contribution in [2.75, 3.05) is 38.7 Å². The van der Waals surface area contributed by atoms with Crippen molar-refractivity contribution in [2.24, 2.45) is 5.92 Å². The number of nitrogens with zero attached hydrogens (tertiary/aromatic N) is 3. The summed E-state index contributed by atoms with van der Waals surface area (Å²) in [4.78, 5) is 10.6. The molecule has 0 spiro atoms. The van der Waals surface area contributed by atoms with Crippen LogP contribution >= 0.6 is 0 Å². The highest BCUT2D eigenvalue weighted by atomic mass is 16.5. The molecule has 96 valence electrons. The number of hydrogen-bond acceptors (Lipinski definition) is 5. The summed E-state index contributed by atoms with van der Waals surface area (Å²) in [6, 6.07) is 0. The number of rotatable bonds is 7. The quantitative estimate of drug-likeness (QED) is 0.772. The molecule has 1 rings (SSSR count). The predicted molar refractivity (Wildman–Crippen MR) is 69.6 cm³/mol. The van der Waals surface area contributed by atoms with Gasteiger partial charge in [-0.2, -0.15) is 4.98 Å². The Balaban J connectivity index is 2.61. The van der Waals surface area contributed by atoms with E-state index in [1.54, 1.807) is 12.4 Å². The van der Waals surface area contributed by atoms with Gasteiger partial charge in [-0.05, 0) is 26.4 Å². The van der Waals surface area contributed by atoms with Crippen LogP contribution < -0.4 is 15.0 Å². The van der Waals surface area contributed by atoms with Gasteiger partial charge in [0.05, 0.1) is 19.0 Å². The highest BCUT2D eigenvalue weighted by molar-refractivity contribution is 5.36. The minimum atomic E-state index is 0.558. The Morgan fingerprint density at radius 1 is 1.47 bits per heavy atom. The molecule has 0 aliphatic heterocycles. The summed E-state index contributed by atoms with van der Waals surface area (Å²) in [5.41, 5.74) is 0. The first kappa shape index (κ1) is 13.7. The van der Waals surface area contributed by atoms with E-state index < -0.39 is 0 Å². The minimum absolute atomic E-state index is 0.558. The Morgan fingerprint density at radius 2 is 2.24 bits per heavy atom. The number of ether oxygens (including phenoxy) is 1. The number of nitrogens with one attached hydrogen (secondary N) is 1. The van der Waals surface area contributed by atoms with Crippen LogP contribution in [0.25, 0.3) is 0 Å². The smallest absolute Gasteiger partial charge is 0.234 e. The molecule has 1 unspecified atom stereocenters. The molecule has 1 aromatic heterocycles. The zero-order valence-electron chi connectivity index (χ0n) is 11.1. The molecule has 0 aliphatic rings. The average Bonchev–Trinajstić information content (AvgIpc) is 2.30. The van der Waals surface area contributed by atoms with Crippen molar-refractivity contribution in [2.45, 2.75) is 13.8 Å².